The van der Waals surface area contributed by atoms with Crippen molar-refractivity contribution < 1.29 is 19.0 Å². The van der Waals surface area contributed by atoms with E-state index in [0.717, 1.165) is 66.1 Å². The van der Waals surface area contributed by atoms with Gasteiger partial charge in [-0.1, -0.05) is 6.07 Å². The van der Waals surface area contributed by atoms with Gasteiger partial charge in [-0.15, -0.1) is 11.3 Å². The first kappa shape index (κ1) is 26.4. The van der Waals surface area contributed by atoms with E-state index in [2.05, 4.69) is 32.3 Å². The summed E-state index contributed by atoms with van der Waals surface area (Å²) in [7, 11) is 0. The number of rotatable bonds is 10. The Morgan fingerprint density at radius 3 is 2.95 bits per heavy atom. The van der Waals surface area contributed by atoms with E-state index in [4.69, 9.17) is 24.2 Å². The number of aryl methyl sites for hydroxylation is 1. The Kier molecular flexibility index (Phi) is 7.71. The third-order valence-electron chi connectivity index (χ3n) is 7.07. The van der Waals surface area contributed by atoms with Gasteiger partial charge < -0.3 is 19.5 Å². The van der Waals surface area contributed by atoms with E-state index >= 15 is 0 Å². The third kappa shape index (κ3) is 5.55. The topological polar surface area (TPSA) is 117 Å². The molecule has 3 aromatic heterocycles. The molecular weight excluding hydrogens is 530 g/mol. The summed E-state index contributed by atoms with van der Waals surface area (Å²) in [6, 6.07) is 8.07. The van der Waals surface area contributed by atoms with Crippen LogP contribution in [0.1, 0.15) is 57.8 Å². The quantitative estimate of drug-likeness (QED) is 0.227. The number of benzene rings is 1. The van der Waals surface area contributed by atoms with Crippen LogP contribution in [0.2, 0.25) is 0 Å². The molecule has 2 atom stereocenters. The highest BCUT2D eigenvalue weighted by atomic mass is 32.1. The average molecular weight is 562 g/mol. The van der Waals surface area contributed by atoms with Crippen molar-refractivity contribution in [2.75, 3.05) is 33.0 Å². The summed E-state index contributed by atoms with van der Waals surface area (Å²) in [5, 5.41) is 6.28. The molecule has 0 bridgehead atoms. The summed E-state index contributed by atoms with van der Waals surface area (Å²) in [6.07, 6.45) is 6.17. The van der Waals surface area contributed by atoms with Crippen molar-refractivity contribution in [3.63, 3.8) is 0 Å². The Hall–Kier alpha value is -3.87. The van der Waals surface area contributed by atoms with E-state index in [1.165, 1.54) is 11.3 Å². The number of ether oxygens (including phenoxy) is 3. The monoisotopic (exact) mass is 561 g/mol. The van der Waals surface area contributed by atoms with Gasteiger partial charge in [-0.2, -0.15) is 0 Å². The number of hydrogen-bond donors (Lipinski definition) is 1. The second-order valence-corrected chi connectivity index (χ2v) is 10.6. The SMILES string of the molecule is CCOC(=O)c1csc([C@H]2CCN(CCNCc3ccc4c(c3)OCO4)[C@@H]2c2cc(C)nc(-n3ccnc3)n2)n1. The lowest BCUT2D eigenvalue weighted by atomic mass is 9.97. The lowest BCUT2D eigenvalue weighted by Crippen LogP contribution is -2.33. The minimum Gasteiger partial charge on any atom is -0.461 e. The largest absolute Gasteiger partial charge is 0.461 e. The van der Waals surface area contributed by atoms with E-state index in [0.29, 0.717) is 18.2 Å². The minimum absolute atomic E-state index is 0.0162. The molecule has 0 unspecified atom stereocenters. The number of carbonyl (C=O) groups excluding carboxylic acids is 1. The van der Waals surface area contributed by atoms with Crippen LogP contribution in [0.15, 0.2) is 48.4 Å². The molecule has 40 heavy (non-hydrogen) atoms. The first-order valence-corrected chi connectivity index (χ1v) is 14.3. The molecule has 11 nitrogen and oxygen atoms in total. The number of nitrogens with zero attached hydrogens (tertiary/aromatic N) is 6. The summed E-state index contributed by atoms with van der Waals surface area (Å²) >= 11 is 1.51. The van der Waals surface area contributed by atoms with Crippen molar-refractivity contribution in [3.05, 3.63) is 76.0 Å². The zero-order valence-electron chi connectivity index (χ0n) is 22.4. The molecule has 0 radical (unpaired) electrons. The van der Waals surface area contributed by atoms with Gasteiger partial charge in [0.15, 0.2) is 17.2 Å². The molecule has 208 valence electrons. The maximum atomic E-state index is 12.3. The third-order valence-corrected chi connectivity index (χ3v) is 8.04. The van der Waals surface area contributed by atoms with Crippen LogP contribution in [-0.2, 0) is 11.3 Å². The Morgan fingerprint density at radius 1 is 1.20 bits per heavy atom. The van der Waals surface area contributed by atoms with Gasteiger partial charge >= 0.3 is 5.97 Å². The molecule has 0 amide bonds. The number of esters is 1. The second kappa shape index (κ2) is 11.7. The first-order valence-electron chi connectivity index (χ1n) is 13.4. The maximum absolute atomic E-state index is 12.3. The number of hydrogen-bond acceptors (Lipinski definition) is 11. The summed E-state index contributed by atoms with van der Waals surface area (Å²) in [6.45, 7) is 7.61. The van der Waals surface area contributed by atoms with E-state index in [9.17, 15) is 4.79 Å². The van der Waals surface area contributed by atoms with Gasteiger partial charge in [0.25, 0.3) is 0 Å². The van der Waals surface area contributed by atoms with Crippen molar-refractivity contribution in [2.45, 2.75) is 38.8 Å². The molecule has 1 saturated heterocycles. The highest BCUT2D eigenvalue weighted by Crippen LogP contribution is 2.44. The fourth-order valence-electron chi connectivity index (χ4n) is 5.24. The fraction of sp³-hybridized carbons (Fsp3) is 0.393. The highest BCUT2D eigenvalue weighted by Gasteiger charge is 2.39. The molecule has 2 aliphatic rings. The van der Waals surface area contributed by atoms with Crippen LogP contribution in [0.5, 0.6) is 11.5 Å². The molecule has 6 rings (SSSR count). The molecule has 0 aliphatic carbocycles. The van der Waals surface area contributed by atoms with Crippen LogP contribution in [0.25, 0.3) is 5.95 Å². The predicted molar refractivity (Wildman–Crippen MR) is 148 cm³/mol. The number of likely N-dealkylation sites (tertiary alicyclic amines) is 1. The number of nitrogens with one attached hydrogen (secondary N) is 1. The smallest absolute Gasteiger partial charge is 0.357 e. The summed E-state index contributed by atoms with van der Waals surface area (Å²) in [4.78, 5) is 33.2. The molecule has 4 aromatic rings. The Bertz CT molecular complexity index is 1480. The average Bonchev–Trinajstić information content (AvgIpc) is 3.77. The van der Waals surface area contributed by atoms with Gasteiger partial charge in [0, 0.05) is 49.0 Å². The van der Waals surface area contributed by atoms with Gasteiger partial charge in [0.1, 0.15) is 6.33 Å². The number of carbonyl (C=O) groups is 1. The maximum Gasteiger partial charge on any atom is 0.357 e. The van der Waals surface area contributed by atoms with Crippen LogP contribution in [-0.4, -0.2) is 68.4 Å². The molecule has 0 saturated carbocycles. The molecule has 5 heterocycles. The van der Waals surface area contributed by atoms with Gasteiger partial charge in [0.05, 0.1) is 23.4 Å². The Morgan fingerprint density at radius 2 is 2.10 bits per heavy atom. The van der Waals surface area contributed by atoms with Crippen LogP contribution in [0, 0.1) is 6.92 Å². The van der Waals surface area contributed by atoms with E-state index in [1.807, 2.05) is 29.8 Å². The van der Waals surface area contributed by atoms with E-state index < -0.39 is 0 Å². The van der Waals surface area contributed by atoms with Crippen molar-refractivity contribution >= 4 is 17.3 Å². The summed E-state index contributed by atoms with van der Waals surface area (Å²) in [5.41, 5.74) is 3.32. The van der Waals surface area contributed by atoms with Gasteiger partial charge in [-0.3, -0.25) is 9.47 Å². The summed E-state index contributed by atoms with van der Waals surface area (Å²) < 4.78 is 17.9. The minimum atomic E-state index is -0.385. The molecular formula is C28H31N7O4S. The Labute approximate surface area is 236 Å². The first-order chi connectivity index (χ1) is 19.6. The van der Waals surface area contributed by atoms with Crippen molar-refractivity contribution in [1.29, 1.82) is 0 Å². The number of fused-ring (bicyclic) bond motifs is 1. The highest BCUT2D eigenvalue weighted by molar-refractivity contribution is 7.09. The molecule has 1 fully saturated rings. The standard InChI is InChI=1S/C28H31N7O4S/c1-3-37-27(36)22-15-40-26(32-22)20-6-9-34(10-7-29-14-19-4-5-23-24(13-19)39-17-38-23)25(20)21-12-18(2)31-28(33-21)35-11-8-30-16-35/h4-5,8,11-13,15-16,20,25,29H,3,6-7,9-10,14,17H2,1-2H3/t20-,25-/m0/s1. The fourth-order valence-corrected chi connectivity index (χ4v) is 6.20. The summed E-state index contributed by atoms with van der Waals surface area (Å²) in [5.74, 6) is 1.88. The van der Waals surface area contributed by atoms with Gasteiger partial charge in [0.2, 0.25) is 12.7 Å². The zero-order chi connectivity index (χ0) is 27.5. The molecule has 0 spiro atoms. The second-order valence-electron chi connectivity index (χ2n) is 9.74. The van der Waals surface area contributed by atoms with E-state index in [-0.39, 0.29) is 24.7 Å². The Balaban J connectivity index is 1.22. The number of thiazole rings is 1. The van der Waals surface area contributed by atoms with Crippen LogP contribution in [0.4, 0.5) is 0 Å². The van der Waals surface area contributed by atoms with Crippen LogP contribution >= 0.6 is 11.3 Å². The van der Waals surface area contributed by atoms with Gasteiger partial charge in [-0.25, -0.2) is 24.7 Å². The molecule has 2 aliphatic heterocycles. The van der Waals surface area contributed by atoms with E-state index in [1.54, 1.807) is 24.8 Å². The van der Waals surface area contributed by atoms with Crippen molar-refractivity contribution in [1.82, 2.24) is 34.7 Å². The number of imidazole rings is 1. The molecule has 1 N–H and O–H groups in total. The zero-order valence-corrected chi connectivity index (χ0v) is 23.3. The van der Waals surface area contributed by atoms with Crippen LogP contribution < -0.4 is 14.8 Å². The lowest BCUT2D eigenvalue weighted by Gasteiger charge is -2.27. The molecule has 1 aromatic carbocycles. The van der Waals surface area contributed by atoms with Crippen molar-refractivity contribution in [3.8, 4) is 17.4 Å². The van der Waals surface area contributed by atoms with Crippen LogP contribution in [0.3, 0.4) is 0 Å². The van der Waals surface area contributed by atoms with Crippen molar-refractivity contribution in [2.24, 2.45) is 0 Å². The predicted octanol–water partition coefficient (Wildman–Crippen LogP) is 3.65. The van der Waals surface area contributed by atoms with Gasteiger partial charge in [-0.05, 0) is 50.6 Å². The number of aromatic nitrogens is 5. The molecule has 12 heteroatoms. The lowest BCUT2D eigenvalue weighted by molar-refractivity contribution is 0.0520. The normalized spacial score (nSPS) is 18.4.